The number of hydrogen-bond acceptors (Lipinski definition) is 5. The SMILES string of the molecule is COC(=O)C1CN=C(C=S)N1. The first kappa shape index (κ1) is 8.13. The molecule has 5 heteroatoms. The topological polar surface area (TPSA) is 50.7 Å². The van der Waals surface area contributed by atoms with Crippen LogP contribution in [0.3, 0.4) is 0 Å². The summed E-state index contributed by atoms with van der Waals surface area (Å²) in [6.07, 6.45) is 0. The van der Waals surface area contributed by atoms with Gasteiger partial charge in [-0.25, -0.2) is 4.79 Å². The maximum absolute atomic E-state index is 10.9. The smallest absolute Gasteiger partial charge is 0.330 e. The monoisotopic (exact) mass is 172 g/mol. The number of carbonyl (C=O) groups is 1. The molecule has 1 heterocycles. The Morgan fingerprint density at radius 1 is 2.00 bits per heavy atom. The van der Waals surface area contributed by atoms with Gasteiger partial charge in [0.15, 0.2) is 0 Å². The summed E-state index contributed by atoms with van der Waals surface area (Å²) in [5.41, 5.74) is 0. The zero-order valence-electron chi connectivity index (χ0n) is 6.03. The molecule has 4 nitrogen and oxygen atoms in total. The highest BCUT2D eigenvalue weighted by atomic mass is 32.1. The maximum atomic E-state index is 10.9. The molecule has 1 rings (SSSR count). The number of nitrogens with zero attached hydrogens (tertiary/aromatic N) is 1. The Balaban J connectivity index is 2.47. The third-order valence-corrected chi connectivity index (χ3v) is 1.59. The van der Waals surface area contributed by atoms with Gasteiger partial charge in [-0.05, 0) is 0 Å². The van der Waals surface area contributed by atoms with Gasteiger partial charge in [0.25, 0.3) is 0 Å². The van der Waals surface area contributed by atoms with Crippen molar-refractivity contribution in [1.82, 2.24) is 5.32 Å². The molecule has 0 saturated heterocycles. The van der Waals surface area contributed by atoms with Crippen LogP contribution in [0.5, 0.6) is 0 Å². The van der Waals surface area contributed by atoms with Crippen LogP contribution in [0.1, 0.15) is 0 Å². The van der Waals surface area contributed by atoms with E-state index in [2.05, 4.69) is 27.3 Å². The van der Waals surface area contributed by atoms with Crippen LogP contribution in [0.2, 0.25) is 0 Å². The molecule has 0 aromatic carbocycles. The largest absolute Gasteiger partial charge is 0.467 e. The molecule has 60 valence electrons. The second-order valence-corrected chi connectivity index (χ2v) is 2.30. The summed E-state index contributed by atoms with van der Waals surface area (Å²) in [4.78, 5) is 14.8. The molecule has 0 radical (unpaired) electrons. The molecule has 0 spiro atoms. The van der Waals surface area contributed by atoms with E-state index in [0.717, 1.165) is 0 Å². The van der Waals surface area contributed by atoms with E-state index in [1.807, 2.05) is 0 Å². The highest BCUT2D eigenvalue weighted by molar-refractivity contribution is 7.80. The fourth-order valence-electron chi connectivity index (χ4n) is 0.806. The molecule has 0 aromatic rings. The van der Waals surface area contributed by atoms with Crippen LogP contribution in [0.4, 0.5) is 0 Å². The molecule has 11 heavy (non-hydrogen) atoms. The zero-order valence-corrected chi connectivity index (χ0v) is 6.85. The van der Waals surface area contributed by atoms with Gasteiger partial charge in [0.05, 0.1) is 13.7 Å². The summed E-state index contributed by atoms with van der Waals surface area (Å²) >= 11 is 4.62. The Labute approximate surface area is 69.6 Å². The van der Waals surface area contributed by atoms with Crippen LogP contribution in [0.25, 0.3) is 0 Å². The normalized spacial score (nSPS) is 21.9. The Kier molecular flexibility index (Phi) is 2.53. The lowest BCUT2D eigenvalue weighted by molar-refractivity contribution is -0.142. The fourth-order valence-corrected chi connectivity index (χ4v) is 0.949. The van der Waals surface area contributed by atoms with Crippen molar-refractivity contribution in [1.29, 1.82) is 0 Å². The van der Waals surface area contributed by atoms with E-state index in [4.69, 9.17) is 0 Å². The van der Waals surface area contributed by atoms with Crippen LogP contribution in [0, 0.1) is 0 Å². The molecule has 0 saturated carbocycles. The summed E-state index contributed by atoms with van der Waals surface area (Å²) in [5.74, 6) is 0.274. The van der Waals surface area contributed by atoms with Gasteiger partial charge < -0.3 is 10.1 Å². The van der Waals surface area contributed by atoms with Crippen LogP contribution in [-0.2, 0) is 9.53 Å². The molecular formula is C6H8N2O2S. The van der Waals surface area contributed by atoms with E-state index in [1.54, 1.807) is 0 Å². The number of thiocarbonyl (C=S) groups is 1. The Morgan fingerprint density at radius 3 is 3.18 bits per heavy atom. The van der Waals surface area contributed by atoms with Gasteiger partial charge in [0.1, 0.15) is 11.9 Å². The van der Waals surface area contributed by atoms with Crippen LogP contribution < -0.4 is 5.32 Å². The van der Waals surface area contributed by atoms with E-state index in [9.17, 15) is 4.79 Å². The summed E-state index contributed by atoms with van der Waals surface area (Å²) in [5, 5.41) is 4.21. The van der Waals surface area contributed by atoms with Crippen molar-refractivity contribution in [3.8, 4) is 0 Å². The van der Waals surface area contributed by atoms with Crippen LogP contribution in [0.15, 0.2) is 4.99 Å². The third-order valence-electron chi connectivity index (χ3n) is 1.36. The maximum Gasteiger partial charge on any atom is 0.330 e. The Bertz CT molecular complexity index is 215. The molecule has 1 unspecified atom stereocenters. The molecule has 0 amide bonds. The predicted octanol–water partition coefficient (Wildman–Crippen LogP) is -0.471. The van der Waals surface area contributed by atoms with Crippen molar-refractivity contribution in [2.45, 2.75) is 6.04 Å². The highest BCUT2D eigenvalue weighted by Crippen LogP contribution is 1.96. The van der Waals surface area contributed by atoms with Gasteiger partial charge in [0.2, 0.25) is 0 Å². The van der Waals surface area contributed by atoms with Gasteiger partial charge in [-0.3, -0.25) is 4.99 Å². The zero-order chi connectivity index (χ0) is 8.27. The first-order valence-electron chi connectivity index (χ1n) is 3.12. The number of rotatable bonds is 2. The van der Waals surface area contributed by atoms with Gasteiger partial charge in [-0.1, -0.05) is 12.2 Å². The third kappa shape index (κ3) is 1.74. The molecule has 1 atom stereocenters. The van der Waals surface area contributed by atoms with Gasteiger partial charge >= 0.3 is 5.97 Å². The second-order valence-electron chi connectivity index (χ2n) is 2.06. The minimum atomic E-state index is -0.353. The Morgan fingerprint density at radius 2 is 2.73 bits per heavy atom. The molecule has 0 bridgehead atoms. The quantitative estimate of drug-likeness (QED) is 0.452. The number of methoxy groups -OCH3 is 1. The highest BCUT2D eigenvalue weighted by Gasteiger charge is 2.23. The average Bonchev–Trinajstić information content (AvgIpc) is 2.50. The molecule has 0 aliphatic carbocycles. The van der Waals surface area contributed by atoms with E-state index in [0.29, 0.717) is 12.4 Å². The number of aliphatic imine (C=N–C) groups is 1. The van der Waals surface area contributed by atoms with E-state index in [1.165, 1.54) is 12.5 Å². The number of nitrogens with one attached hydrogen (secondary N) is 1. The minimum Gasteiger partial charge on any atom is -0.467 e. The molecule has 0 aromatic heterocycles. The number of carbonyl (C=O) groups excluding carboxylic acids is 1. The van der Waals surface area contributed by atoms with Crippen molar-refractivity contribution >= 4 is 29.4 Å². The number of amidine groups is 1. The first-order chi connectivity index (χ1) is 5.27. The van der Waals surface area contributed by atoms with Crippen molar-refractivity contribution in [2.75, 3.05) is 13.7 Å². The molecule has 1 aliphatic rings. The summed E-state index contributed by atoms with van der Waals surface area (Å²) in [6, 6.07) is -0.353. The lowest BCUT2D eigenvalue weighted by atomic mass is 10.3. The summed E-state index contributed by atoms with van der Waals surface area (Å²) in [7, 11) is 1.35. The molecular weight excluding hydrogens is 164 g/mol. The van der Waals surface area contributed by atoms with E-state index < -0.39 is 0 Å². The second kappa shape index (κ2) is 3.43. The van der Waals surface area contributed by atoms with Crippen molar-refractivity contribution < 1.29 is 9.53 Å². The van der Waals surface area contributed by atoms with Crippen molar-refractivity contribution in [3.63, 3.8) is 0 Å². The molecule has 1 aliphatic heterocycles. The Hall–Kier alpha value is -0.970. The van der Waals surface area contributed by atoms with Crippen LogP contribution >= 0.6 is 12.2 Å². The average molecular weight is 172 g/mol. The summed E-state index contributed by atoms with van der Waals surface area (Å²) < 4.78 is 4.50. The van der Waals surface area contributed by atoms with Crippen molar-refractivity contribution in [3.05, 3.63) is 0 Å². The van der Waals surface area contributed by atoms with Gasteiger partial charge in [-0.15, -0.1) is 0 Å². The van der Waals surface area contributed by atoms with Gasteiger partial charge in [0, 0.05) is 5.37 Å². The van der Waals surface area contributed by atoms with Crippen LogP contribution in [-0.4, -0.2) is 36.9 Å². The summed E-state index contributed by atoms with van der Waals surface area (Å²) in [6.45, 7) is 0.412. The lowest BCUT2D eigenvalue weighted by Gasteiger charge is -2.06. The molecule has 1 N–H and O–H groups in total. The standard InChI is InChI=1S/C6H8N2O2S/c1-10-6(9)4-2-7-5(3-11)8-4/h3-4H,2H2,1H3,(H,7,8). The fraction of sp³-hybridized carbons (Fsp3) is 0.500. The number of hydrogen-bond donors (Lipinski definition) is 1. The van der Waals surface area contributed by atoms with Gasteiger partial charge in [-0.2, -0.15) is 0 Å². The minimum absolute atomic E-state index is 0.305. The molecule has 0 fully saturated rings. The van der Waals surface area contributed by atoms with E-state index >= 15 is 0 Å². The predicted molar refractivity (Wildman–Crippen MR) is 44.9 cm³/mol. The first-order valence-corrected chi connectivity index (χ1v) is 3.59. The van der Waals surface area contributed by atoms with E-state index in [-0.39, 0.29) is 12.0 Å². The number of ether oxygens (including phenoxy) is 1. The number of esters is 1. The van der Waals surface area contributed by atoms with Crippen molar-refractivity contribution in [2.24, 2.45) is 4.99 Å². The lowest BCUT2D eigenvalue weighted by Crippen LogP contribution is -2.38.